The molecule has 1 aromatic carbocycles. The molecule has 0 atom stereocenters. The summed E-state index contributed by atoms with van der Waals surface area (Å²) in [4.78, 5) is 8.14. The van der Waals surface area contributed by atoms with Gasteiger partial charge in [0.25, 0.3) is 0 Å². The van der Waals surface area contributed by atoms with E-state index in [1.807, 2.05) is 6.20 Å². The van der Waals surface area contributed by atoms with E-state index >= 15 is 0 Å². The van der Waals surface area contributed by atoms with Crippen LogP contribution in [-0.4, -0.2) is 9.97 Å². The van der Waals surface area contributed by atoms with Crippen molar-refractivity contribution < 1.29 is 0 Å². The third kappa shape index (κ3) is 1.14. The Morgan fingerprint density at radius 1 is 1.29 bits per heavy atom. The molecule has 0 aliphatic heterocycles. The molecule has 3 rings (SSSR count). The van der Waals surface area contributed by atoms with Crippen LogP contribution in [0.1, 0.15) is 0 Å². The molecule has 2 aromatic heterocycles. The first-order valence-electron chi connectivity index (χ1n) is 4.34. The van der Waals surface area contributed by atoms with Gasteiger partial charge in [0.2, 0.25) is 0 Å². The molecule has 0 fully saturated rings. The zero-order chi connectivity index (χ0) is 9.38. The summed E-state index contributed by atoms with van der Waals surface area (Å²) in [6.07, 6.45) is 4.57. The molecule has 0 amide bonds. The molecule has 0 aliphatic rings. The minimum absolute atomic E-state index is 0.964. The molecule has 14 heavy (non-hydrogen) atoms. The summed E-state index contributed by atoms with van der Waals surface area (Å²) in [5, 5.41) is 1.27. The minimum atomic E-state index is 0.964. The molecule has 0 saturated heterocycles. The number of thiophene rings is 1. The first-order valence-corrected chi connectivity index (χ1v) is 5.15. The average Bonchev–Trinajstić information content (AvgIpc) is 2.86. The summed E-state index contributed by atoms with van der Waals surface area (Å²) < 4.78 is 1.30. The number of aromatic nitrogens is 2. The Labute approximate surface area is 85.2 Å². The van der Waals surface area contributed by atoms with Crippen LogP contribution in [0, 0.1) is 6.33 Å². The van der Waals surface area contributed by atoms with Crippen molar-refractivity contribution in [1.82, 2.24) is 9.97 Å². The molecule has 67 valence electrons. The standard InChI is InChI=1S/C11H7N2S/c1-2-4-10-8(3-1)5-11(14-10)9-6-12-7-13-9/h1-6H,(H,12,13). The van der Waals surface area contributed by atoms with Crippen molar-refractivity contribution in [3.63, 3.8) is 0 Å². The number of imidazole rings is 1. The molecule has 0 aliphatic carbocycles. The van der Waals surface area contributed by atoms with Crippen LogP contribution in [0.2, 0.25) is 0 Å². The molecule has 0 unspecified atom stereocenters. The van der Waals surface area contributed by atoms with E-state index < -0.39 is 0 Å². The Kier molecular flexibility index (Phi) is 1.64. The van der Waals surface area contributed by atoms with Gasteiger partial charge in [0.05, 0.1) is 10.6 Å². The molecule has 0 bridgehead atoms. The first-order chi connectivity index (χ1) is 6.93. The van der Waals surface area contributed by atoms with Crippen molar-refractivity contribution in [2.24, 2.45) is 0 Å². The fraction of sp³-hybridized carbons (Fsp3) is 0. The molecule has 3 heteroatoms. The number of rotatable bonds is 1. The molecule has 3 aromatic rings. The summed E-state index contributed by atoms with van der Waals surface area (Å²) in [5.74, 6) is 0. The van der Waals surface area contributed by atoms with E-state index in [9.17, 15) is 0 Å². The van der Waals surface area contributed by atoms with Gasteiger partial charge in [-0.15, -0.1) is 11.3 Å². The first kappa shape index (κ1) is 7.76. The van der Waals surface area contributed by atoms with Crippen LogP contribution in [0.3, 0.4) is 0 Å². The maximum Gasteiger partial charge on any atom is 0.174 e. The monoisotopic (exact) mass is 199 g/mol. The van der Waals surface area contributed by atoms with Gasteiger partial charge in [-0.25, -0.2) is 4.98 Å². The predicted octanol–water partition coefficient (Wildman–Crippen LogP) is 3.09. The molecular formula is C11H7N2S. The zero-order valence-electron chi connectivity index (χ0n) is 7.32. The summed E-state index contributed by atoms with van der Waals surface area (Å²) in [6.45, 7) is 0. The average molecular weight is 199 g/mol. The predicted molar refractivity (Wildman–Crippen MR) is 58.2 cm³/mol. The van der Waals surface area contributed by atoms with Gasteiger partial charge in [0, 0.05) is 10.9 Å². The van der Waals surface area contributed by atoms with E-state index in [1.165, 1.54) is 15.0 Å². The van der Waals surface area contributed by atoms with Crippen LogP contribution >= 0.6 is 11.3 Å². The van der Waals surface area contributed by atoms with Crippen molar-refractivity contribution in [3.05, 3.63) is 42.9 Å². The van der Waals surface area contributed by atoms with Gasteiger partial charge >= 0.3 is 0 Å². The Bertz CT molecular complexity index is 518. The molecule has 2 nitrogen and oxygen atoms in total. The van der Waals surface area contributed by atoms with Crippen molar-refractivity contribution in [1.29, 1.82) is 0 Å². The number of H-pyrrole nitrogens is 1. The molecule has 1 radical (unpaired) electrons. The Hall–Kier alpha value is -1.61. The second kappa shape index (κ2) is 2.96. The number of aromatic amines is 1. The van der Waals surface area contributed by atoms with Crippen LogP contribution in [0.25, 0.3) is 20.7 Å². The lowest BCUT2D eigenvalue weighted by atomic mass is 10.2. The number of hydrogen-bond acceptors (Lipinski definition) is 2. The fourth-order valence-electron chi connectivity index (χ4n) is 1.46. The zero-order valence-corrected chi connectivity index (χ0v) is 8.14. The highest BCUT2D eigenvalue weighted by molar-refractivity contribution is 7.22. The highest BCUT2D eigenvalue weighted by atomic mass is 32.1. The molecule has 2 heterocycles. The van der Waals surface area contributed by atoms with Gasteiger partial charge in [0.15, 0.2) is 6.33 Å². The van der Waals surface area contributed by atoms with Crippen LogP contribution in [0.15, 0.2) is 36.5 Å². The van der Waals surface area contributed by atoms with Crippen molar-refractivity contribution >= 4 is 21.4 Å². The van der Waals surface area contributed by atoms with E-state index in [0.717, 1.165) is 5.69 Å². The van der Waals surface area contributed by atoms with Crippen LogP contribution in [0.5, 0.6) is 0 Å². The lowest BCUT2D eigenvalue weighted by Gasteiger charge is -1.84. The molecular weight excluding hydrogens is 192 g/mol. The second-order valence-corrected chi connectivity index (χ2v) is 4.13. The number of hydrogen-bond donors (Lipinski definition) is 1. The Morgan fingerprint density at radius 3 is 3.00 bits per heavy atom. The highest BCUT2D eigenvalue weighted by Gasteiger charge is 2.04. The summed E-state index contributed by atoms with van der Waals surface area (Å²) >= 11 is 1.75. The number of fused-ring (bicyclic) bond motifs is 1. The van der Waals surface area contributed by atoms with Gasteiger partial charge in [-0.1, -0.05) is 18.2 Å². The van der Waals surface area contributed by atoms with Crippen LogP contribution < -0.4 is 0 Å². The van der Waals surface area contributed by atoms with Gasteiger partial charge in [0.1, 0.15) is 0 Å². The Morgan fingerprint density at radius 2 is 2.21 bits per heavy atom. The summed E-state index contributed by atoms with van der Waals surface area (Å²) in [7, 11) is 0. The van der Waals surface area contributed by atoms with Gasteiger partial charge < -0.3 is 4.98 Å². The van der Waals surface area contributed by atoms with E-state index in [1.54, 1.807) is 11.3 Å². The van der Waals surface area contributed by atoms with E-state index in [0.29, 0.717) is 0 Å². The SMILES string of the molecule is [c]1nc(-c2cc3ccccc3s2)c[nH]1. The molecule has 1 N–H and O–H groups in total. The summed E-state index contributed by atoms with van der Waals surface area (Å²) in [6, 6.07) is 10.5. The maximum atomic E-state index is 4.11. The second-order valence-electron chi connectivity index (χ2n) is 3.05. The van der Waals surface area contributed by atoms with E-state index in [-0.39, 0.29) is 0 Å². The third-order valence-electron chi connectivity index (χ3n) is 2.13. The number of nitrogens with one attached hydrogen (secondary N) is 1. The van der Waals surface area contributed by atoms with E-state index in [4.69, 9.17) is 0 Å². The van der Waals surface area contributed by atoms with Crippen molar-refractivity contribution in [2.45, 2.75) is 0 Å². The van der Waals surface area contributed by atoms with Gasteiger partial charge in [-0.2, -0.15) is 0 Å². The number of nitrogens with zero attached hydrogens (tertiary/aromatic N) is 1. The van der Waals surface area contributed by atoms with Crippen LogP contribution in [0.4, 0.5) is 0 Å². The normalized spacial score (nSPS) is 10.9. The fourth-order valence-corrected chi connectivity index (χ4v) is 2.48. The maximum absolute atomic E-state index is 4.11. The minimum Gasteiger partial charge on any atom is -0.341 e. The molecule has 0 spiro atoms. The largest absolute Gasteiger partial charge is 0.341 e. The molecule has 0 saturated carbocycles. The van der Waals surface area contributed by atoms with Crippen molar-refractivity contribution in [3.8, 4) is 10.6 Å². The quantitative estimate of drug-likeness (QED) is 0.641. The Balaban J connectivity index is 2.24. The topological polar surface area (TPSA) is 28.7 Å². The smallest absolute Gasteiger partial charge is 0.174 e. The lowest BCUT2D eigenvalue weighted by molar-refractivity contribution is 1.29. The highest BCUT2D eigenvalue weighted by Crippen LogP contribution is 2.31. The van der Waals surface area contributed by atoms with Gasteiger partial charge in [-0.05, 0) is 17.5 Å². The lowest BCUT2D eigenvalue weighted by Crippen LogP contribution is -1.66. The van der Waals surface area contributed by atoms with Crippen molar-refractivity contribution in [2.75, 3.05) is 0 Å². The third-order valence-corrected chi connectivity index (χ3v) is 3.27. The van der Waals surface area contributed by atoms with Crippen LogP contribution in [-0.2, 0) is 0 Å². The van der Waals surface area contributed by atoms with Gasteiger partial charge in [-0.3, -0.25) is 0 Å². The summed E-state index contributed by atoms with van der Waals surface area (Å²) in [5.41, 5.74) is 0.964. The van der Waals surface area contributed by atoms with E-state index in [2.05, 4.69) is 46.6 Å². The number of benzene rings is 1.